The van der Waals surface area contributed by atoms with E-state index in [1.165, 1.54) is 0 Å². The molecule has 1 aliphatic heterocycles. The van der Waals surface area contributed by atoms with Crippen LogP contribution in [0.15, 0.2) is 54.9 Å². The number of carbonyl (C=O) groups excluding carboxylic acids is 1. The fourth-order valence-electron chi connectivity index (χ4n) is 3.84. The van der Waals surface area contributed by atoms with Gasteiger partial charge in [-0.2, -0.15) is 0 Å². The second-order valence-corrected chi connectivity index (χ2v) is 7.25. The van der Waals surface area contributed by atoms with Gasteiger partial charge in [0.15, 0.2) is 5.82 Å². The van der Waals surface area contributed by atoms with Crippen LogP contribution < -0.4 is 15.4 Å². The van der Waals surface area contributed by atoms with Crippen LogP contribution >= 0.6 is 0 Å². The Kier molecular flexibility index (Phi) is 4.71. The van der Waals surface area contributed by atoms with Crippen molar-refractivity contribution in [3.8, 4) is 28.3 Å². The summed E-state index contributed by atoms with van der Waals surface area (Å²) in [6, 6.07) is 13.7. The average molecular weight is 411 g/mol. The molecule has 0 aliphatic carbocycles. The highest BCUT2D eigenvalue weighted by atomic mass is 16.5. The molecular formula is C24H21N5O2. The maximum atomic E-state index is 12.1. The standard InChI is InChI=1S/C24H21N5O2/c1-3-31-20-11-17(14-6-7-15-13-27-24(30)18(15)9-14)10-19-21(20)28-22(29-23(19)25-2)16-5-4-8-26-12-16/h4-12H,3,13H2,1-2H3,(H,27,30)(H,25,28,29). The van der Waals surface area contributed by atoms with Gasteiger partial charge in [-0.1, -0.05) is 12.1 Å². The maximum absolute atomic E-state index is 12.1. The second kappa shape index (κ2) is 7.68. The molecule has 2 aromatic heterocycles. The summed E-state index contributed by atoms with van der Waals surface area (Å²) >= 11 is 0. The Morgan fingerprint density at radius 1 is 1.10 bits per heavy atom. The fraction of sp³-hybridized carbons (Fsp3) is 0.167. The lowest BCUT2D eigenvalue weighted by atomic mass is 9.98. The van der Waals surface area contributed by atoms with Crippen LogP contribution in [0.3, 0.4) is 0 Å². The minimum Gasteiger partial charge on any atom is -0.492 e. The number of nitrogens with zero attached hydrogens (tertiary/aromatic N) is 3. The molecule has 7 heteroatoms. The Bertz CT molecular complexity index is 1300. The minimum atomic E-state index is -0.0389. The van der Waals surface area contributed by atoms with Gasteiger partial charge in [-0.3, -0.25) is 9.78 Å². The molecule has 0 bridgehead atoms. The van der Waals surface area contributed by atoms with Crippen molar-refractivity contribution in [3.63, 3.8) is 0 Å². The van der Waals surface area contributed by atoms with Crippen LogP contribution in [0.5, 0.6) is 5.75 Å². The highest BCUT2D eigenvalue weighted by Crippen LogP contribution is 2.36. The second-order valence-electron chi connectivity index (χ2n) is 7.25. The Hall–Kier alpha value is -4.00. The first-order valence-electron chi connectivity index (χ1n) is 10.2. The molecule has 0 atom stereocenters. The van der Waals surface area contributed by atoms with Gasteiger partial charge >= 0.3 is 0 Å². The lowest BCUT2D eigenvalue weighted by molar-refractivity contribution is 0.0966. The number of benzene rings is 2. The smallest absolute Gasteiger partial charge is 0.251 e. The van der Waals surface area contributed by atoms with Crippen LogP contribution in [0.2, 0.25) is 0 Å². The van der Waals surface area contributed by atoms with Gasteiger partial charge in [0.1, 0.15) is 17.1 Å². The van der Waals surface area contributed by atoms with Crippen molar-refractivity contribution >= 4 is 22.6 Å². The molecule has 0 saturated carbocycles. The summed E-state index contributed by atoms with van der Waals surface area (Å²) in [6.45, 7) is 3.03. The highest BCUT2D eigenvalue weighted by molar-refractivity contribution is 6.01. The van der Waals surface area contributed by atoms with Crippen LogP contribution in [-0.2, 0) is 6.54 Å². The van der Waals surface area contributed by atoms with Crippen molar-refractivity contribution in [1.29, 1.82) is 0 Å². The van der Waals surface area contributed by atoms with Gasteiger partial charge in [-0.05, 0) is 53.9 Å². The Labute approximate surface area is 179 Å². The molecule has 0 spiro atoms. The first-order chi connectivity index (χ1) is 15.2. The number of fused-ring (bicyclic) bond motifs is 2. The SMILES string of the molecule is CCOc1cc(-c2ccc3c(c2)C(=O)NC3)cc2c(NC)nc(-c3cccnc3)nc12. The number of amides is 1. The Morgan fingerprint density at radius 2 is 2.00 bits per heavy atom. The van der Waals surface area contributed by atoms with Crippen LogP contribution in [0.25, 0.3) is 33.4 Å². The number of aromatic nitrogens is 3. The quantitative estimate of drug-likeness (QED) is 0.515. The van der Waals surface area contributed by atoms with Crippen molar-refractivity contribution in [3.05, 3.63) is 66.0 Å². The maximum Gasteiger partial charge on any atom is 0.251 e. The van der Waals surface area contributed by atoms with Crippen molar-refractivity contribution in [2.75, 3.05) is 19.0 Å². The number of hydrogen-bond acceptors (Lipinski definition) is 6. The van der Waals surface area contributed by atoms with E-state index in [2.05, 4.69) is 15.6 Å². The molecule has 0 unspecified atom stereocenters. The minimum absolute atomic E-state index is 0.0389. The van der Waals surface area contributed by atoms with Crippen LogP contribution in [-0.4, -0.2) is 34.5 Å². The Morgan fingerprint density at radius 3 is 2.77 bits per heavy atom. The molecule has 0 fully saturated rings. The molecule has 2 N–H and O–H groups in total. The number of rotatable bonds is 5. The largest absolute Gasteiger partial charge is 0.492 e. The summed E-state index contributed by atoms with van der Waals surface area (Å²) in [7, 11) is 1.83. The summed E-state index contributed by atoms with van der Waals surface area (Å²) in [5.41, 5.74) is 5.16. The summed E-state index contributed by atoms with van der Waals surface area (Å²) < 4.78 is 5.97. The number of nitrogens with one attached hydrogen (secondary N) is 2. The van der Waals surface area contributed by atoms with E-state index in [0.717, 1.165) is 33.2 Å². The monoisotopic (exact) mass is 411 g/mol. The molecule has 2 aromatic carbocycles. The average Bonchev–Trinajstić information content (AvgIpc) is 3.19. The molecule has 0 radical (unpaired) electrons. The van der Waals surface area contributed by atoms with Crippen LogP contribution in [0, 0.1) is 0 Å². The lowest BCUT2D eigenvalue weighted by Crippen LogP contribution is -2.12. The first-order valence-corrected chi connectivity index (χ1v) is 10.2. The molecular weight excluding hydrogens is 390 g/mol. The fourth-order valence-corrected chi connectivity index (χ4v) is 3.84. The third kappa shape index (κ3) is 3.34. The molecule has 3 heterocycles. The number of hydrogen-bond donors (Lipinski definition) is 2. The molecule has 7 nitrogen and oxygen atoms in total. The molecule has 1 amide bonds. The van der Waals surface area contributed by atoms with E-state index in [-0.39, 0.29) is 5.91 Å². The van der Waals surface area contributed by atoms with E-state index in [4.69, 9.17) is 14.7 Å². The zero-order valence-electron chi connectivity index (χ0n) is 17.3. The van der Waals surface area contributed by atoms with Crippen molar-refractivity contribution in [2.45, 2.75) is 13.5 Å². The topological polar surface area (TPSA) is 89.0 Å². The van der Waals surface area contributed by atoms with Gasteiger partial charge in [0, 0.05) is 42.5 Å². The normalized spacial score (nSPS) is 12.5. The van der Waals surface area contributed by atoms with Gasteiger partial charge in [-0.15, -0.1) is 0 Å². The van der Waals surface area contributed by atoms with Crippen molar-refractivity contribution in [1.82, 2.24) is 20.3 Å². The molecule has 4 aromatic rings. The van der Waals surface area contributed by atoms with Crippen LogP contribution in [0.1, 0.15) is 22.8 Å². The Balaban J connectivity index is 1.72. The summed E-state index contributed by atoms with van der Waals surface area (Å²) in [4.78, 5) is 25.8. The van der Waals surface area contributed by atoms with E-state index in [9.17, 15) is 4.79 Å². The van der Waals surface area contributed by atoms with E-state index >= 15 is 0 Å². The van der Waals surface area contributed by atoms with E-state index in [0.29, 0.717) is 36.1 Å². The summed E-state index contributed by atoms with van der Waals surface area (Å²) in [5, 5.41) is 6.90. The van der Waals surface area contributed by atoms with Crippen molar-refractivity contribution in [2.24, 2.45) is 0 Å². The number of carbonyl (C=O) groups is 1. The predicted molar refractivity (Wildman–Crippen MR) is 120 cm³/mol. The number of anilines is 1. The predicted octanol–water partition coefficient (Wildman–Crippen LogP) is 4.04. The van der Waals surface area contributed by atoms with Gasteiger partial charge in [-0.25, -0.2) is 9.97 Å². The molecule has 31 heavy (non-hydrogen) atoms. The first kappa shape index (κ1) is 19.0. The van der Waals surface area contributed by atoms with E-state index in [1.54, 1.807) is 12.4 Å². The van der Waals surface area contributed by atoms with Crippen LogP contribution in [0.4, 0.5) is 5.82 Å². The zero-order valence-corrected chi connectivity index (χ0v) is 17.3. The van der Waals surface area contributed by atoms with Gasteiger partial charge in [0.25, 0.3) is 5.91 Å². The molecule has 154 valence electrons. The van der Waals surface area contributed by atoms with Gasteiger partial charge in [0.05, 0.1) is 6.61 Å². The number of ether oxygens (including phenoxy) is 1. The molecule has 1 aliphatic rings. The summed E-state index contributed by atoms with van der Waals surface area (Å²) in [5.74, 6) is 1.91. The van der Waals surface area contributed by atoms with Crippen molar-refractivity contribution < 1.29 is 9.53 Å². The number of pyridine rings is 1. The zero-order chi connectivity index (χ0) is 21.4. The molecule has 5 rings (SSSR count). The third-order valence-corrected chi connectivity index (χ3v) is 5.35. The third-order valence-electron chi connectivity index (χ3n) is 5.35. The van der Waals surface area contributed by atoms with E-state index < -0.39 is 0 Å². The molecule has 0 saturated heterocycles. The summed E-state index contributed by atoms with van der Waals surface area (Å²) in [6.07, 6.45) is 3.46. The highest BCUT2D eigenvalue weighted by Gasteiger charge is 2.20. The van der Waals surface area contributed by atoms with Gasteiger partial charge < -0.3 is 15.4 Å². The lowest BCUT2D eigenvalue weighted by Gasteiger charge is -2.14. The van der Waals surface area contributed by atoms with Gasteiger partial charge in [0.2, 0.25) is 0 Å². The van der Waals surface area contributed by atoms with E-state index in [1.807, 2.05) is 56.4 Å².